The average molecular weight is 1180 g/mol. The third kappa shape index (κ3) is 16.6. The molecular formula is C65H92Cl2N8O8. The van der Waals surface area contributed by atoms with Crippen molar-refractivity contribution in [2.24, 2.45) is 29.4 Å². The first-order valence-electron chi connectivity index (χ1n) is 30.4. The second-order valence-corrected chi connectivity index (χ2v) is 23.9. The van der Waals surface area contributed by atoms with Gasteiger partial charge in [-0.2, -0.15) is 0 Å². The lowest BCUT2D eigenvalue weighted by Crippen LogP contribution is -2.53. The van der Waals surface area contributed by atoms with Crippen molar-refractivity contribution in [3.63, 3.8) is 0 Å². The Labute approximate surface area is 503 Å². The molecule has 6 amide bonds. The predicted octanol–water partition coefficient (Wildman–Crippen LogP) is 11.1. The summed E-state index contributed by atoms with van der Waals surface area (Å²) in [5, 5.41) is 35.4. The number of nitrogens with two attached hydrogens (primary N) is 1. The maximum atomic E-state index is 13.7. The predicted molar refractivity (Wildman–Crippen MR) is 331 cm³/mol. The molecule has 4 aromatic rings. The van der Waals surface area contributed by atoms with E-state index in [1.54, 1.807) is 0 Å². The minimum atomic E-state index is -1.27. The van der Waals surface area contributed by atoms with Gasteiger partial charge in [0, 0.05) is 98.5 Å². The third-order valence-corrected chi connectivity index (χ3v) is 18.5. The van der Waals surface area contributed by atoms with Crippen LogP contribution < -0.4 is 21.7 Å². The highest BCUT2D eigenvalue weighted by Gasteiger charge is 2.45. The first kappa shape index (κ1) is 64.9. The fourth-order valence-electron chi connectivity index (χ4n) is 13.1. The van der Waals surface area contributed by atoms with Crippen molar-refractivity contribution in [2.75, 3.05) is 99.8 Å². The van der Waals surface area contributed by atoms with Gasteiger partial charge in [0.15, 0.2) is 0 Å². The summed E-state index contributed by atoms with van der Waals surface area (Å²) in [7, 11) is 4.65. The first-order valence-corrected chi connectivity index (χ1v) is 31.1. The summed E-state index contributed by atoms with van der Waals surface area (Å²) in [6, 6.07) is 28.1. The van der Waals surface area contributed by atoms with E-state index in [1.165, 1.54) is 25.3 Å². The highest BCUT2D eigenvalue weighted by atomic mass is 35.5. The zero-order valence-corrected chi connectivity index (χ0v) is 51.3. The van der Waals surface area contributed by atoms with Crippen LogP contribution in [0.3, 0.4) is 0 Å². The van der Waals surface area contributed by atoms with Crippen LogP contribution in [0.25, 0.3) is 22.3 Å². The number of piperidine rings is 4. The number of likely N-dealkylation sites (tertiary alicyclic amines) is 4. The van der Waals surface area contributed by atoms with Gasteiger partial charge in [-0.15, -0.1) is 0 Å². The van der Waals surface area contributed by atoms with Gasteiger partial charge in [0.2, 0.25) is 0 Å². The van der Waals surface area contributed by atoms with Crippen LogP contribution in [0.1, 0.15) is 113 Å². The normalized spacial score (nSPS) is 19.4. The van der Waals surface area contributed by atoms with E-state index in [4.69, 9.17) is 38.4 Å². The zero-order valence-electron chi connectivity index (χ0n) is 49.7. The number of halogens is 2. The molecule has 4 aromatic carbocycles. The van der Waals surface area contributed by atoms with Gasteiger partial charge in [-0.05, 0) is 167 Å². The number of methoxy groups -OCH3 is 2. The number of carbonyl (C=O) groups is 4. The van der Waals surface area contributed by atoms with Gasteiger partial charge in [-0.25, -0.2) is 19.2 Å². The van der Waals surface area contributed by atoms with E-state index in [2.05, 4.69) is 54.1 Å². The zero-order chi connectivity index (χ0) is 59.5. The van der Waals surface area contributed by atoms with Crippen molar-refractivity contribution in [3.8, 4) is 22.3 Å². The molecular weight excluding hydrogens is 1090 g/mol. The summed E-state index contributed by atoms with van der Waals surface area (Å²) in [5.74, 6) is 0.682. The number of hydrogen-bond acceptors (Lipinski definition) is 10. The number of aliphatic hydroxyl groups is 2. The Morgan fingerprint density at radius 3 is 1.39 bits per heavy atom. The number of amides is 6. The number of hydrogen-bond donors (Lipinski definition) is 6. The van der Waals surface area contributed by atoms with Crippen LogP contribution in [-0.4, -0.2) is 154 Å². The molecule has 4 aliphatic rings. The molecule has 0 aliphatic carbocycles. The highest BCUT2D eigenvalue weighted by molar-refractivity contribution is 6.34. The number of ether oxygens (including phenoxy) is 2. The quantitative estimate of drug-likeness (QED) is 0.0491. The molecule has 0 radical (unpaired) electrons. The first-order chi connectivity index (χ1) is 40.1. The Hall–Kier alpha value is -5.62. The van der Waals surface area contributed by atoms with Crippen LogP contribution in [-0.2, 0) is 33.5 Å². The second kappa shape index (κ2) is 31.5. The number of nitrogens with zero attached hydrogens (tertiary/aromatic N) is 4. The largest absolute Gasteiger partial charge is 0.453 e. The van der Waals surface area contributed by atoms with Crippen LogP contribution in [0, 0.1) is 23.7 Å². The van der Waals surface area contributed by atoms with E-state index in [0.29, 0.717) is 93.4 Å². The van der Waals surface area contributed by atoms with Crippen LogP contribution in [0.5, 0.6) is 0 Å². The van der Waals surface area contributed by atoms with Gasteiger partial charge >= 0.3 is 24.2 Å². The standard InChI is InChI=1S/C33H47ClN4O4.C32H45ClN4O4/c1-4-24-9-5-10-26(21-24)30-28(12-6-13-29(30)34)33(41,16-8-17-36-31(39)42-3)27-11-7-18-38(23-27)32(40)37-19-14-25(15-20-37)22-35-2;1-3-23-8-4-9-25(20-23)29-27(11-5-12-28(29)33)32(40,15-7-16-35-30(38)41-2)26-10-6-17-37(22-26)31(39)36-18-13-24(21-34)14-19-36/h5-6,9-10,12-13,21,25,27,35,41H,4,7-8,11,14-20,22-23H2,1-3H3,(H,36,39);4-5,8-9,11-12,20,24,26,40H,3,6-7,10,13-19,21-22,34H2,1-2H3,(H,35,38)/t27-,33?;26-,32?/m11/s1. The Kier molecular flexibility index (Phi) is 24.6. The molecule has 454 valence electrons. The van der Waals surface area contributed by atoms with E-state index in [0.717, 1.165) is 130 Å². The molecule has 0 saturated carbocycles. The minimum absolute atomic E-state index is 0.0434. The van der Waals surface area contributed by atoms with Crippen LogP contribution >= 0.6 is 23.2 Å². The van der Waals surface area contributed by atoms with Crippen molar-refractivity contribution in [3.05, 3.63) is 117 Å². The lowest BCUT2D eigenvalue weighted by Gasteiger charge is -2.45. The molecule has 8 rings (SSSR count). The van der Waals surface area contributed by atoms with Crippen molar-refractivity contribution >= 4 is 47.5 Å². The van der Waals surface area contributed by atoms with Crippen LogP contribution in [0.15, 0.2) is 84.9 Å². The molecule has 83 heavy (non-hydrogen) atoms. The summed E-state index contributed by atoms with van der Waals surface area (Å²) in [5.41, 5.74) is 10.8. The van der Waals surface area contributed by atoms with Crippen molar-refractivity contribution < 1.29 is 38.9 Å². The van der Waals surface area contributed by atoms with Gasteiger partial charge in [-0.1, -0.05) is 110 Å². The third-order valence-electron chi connectivity index (χ3n) is 17.9. The van der Waals surface area contributed by atoms with Crippen molar-refractivity contribution in [2.45, 2.75) is 115 Å². The van der Waals surface area contributed by atoms with Gasteiger partial charge in [0.25, 0.3) is 0 Å². The number of benzene rings is 4. The molecule has 4 fully saturated rings. The monoisotopic (exact) mass is 1180 g/mol. The smallest absolute Gasteiger partial charge is 0.406 e. The number of alkyl carbamates (subject to hydrolysis) is 2. The number of aryl methyl sites for hydroxylation is 2. The highest BCUT2D eigenvalue weighted by Crippen LogP contribution is 2.48. The number of carbonyl (C=O) groups excluding carboxylic acids is 4. The van der Waals surface area contributed by atoms with E-state index < -0.39 is 23.4 Å². The maximum Gasteiger partial charge on any atom is 0.406 e. The summed E-state index contributed by atoms with van der Waals surface area (Å²) >= 11 is 13.7. The number of nitrogens with one attached hydrogen (secondary N) is 3. The van der Waals surface area contributed by atoms with E-state index in [1.807, 2.05) is 87.3 Å². The van der Waals surface area contributed by atoms with Crippen molar-refractivity contribution in [1.82, 2.24) is 35.6 Å². The summed E-state index contributed by atoms with van der Waals surface area (Å²) in [6.07, 6.45) is 9.71. The molecule has 18 heteroatoms. The molecule has 4 saturated heterocycles. The van der Waals surface area contributed by atoms with Gasteiger partial charge in [0.1, 0.15) is 0 Å². The van der Waals surface area contributed by atoms with Gasteiger partial charge in [0.05, 0.1) is 25.4 Å². The minimum Gasteiger partial charge on any atom is -0.453 e. The van der Waals surface area contributed by atoms with Crippen molar-refractivity contribution in [1.29, 1.82) is 0 Å². The Morgan fingerprint density at radius 1 is 0.590 bits per heavy atom. The summed E-state index contributed by atoms with van der Waals surface area (Å²) < 4.78 is 9.46. The topological polar surface area (TPSA) is 202 Å². The lowest BCUT2D eigenvalue weighted by atomic mass is 9.72. The fraction of sp³-hybridized carbons (Fsp3) is 0.569. The Morgan fingerprint density at radius 2 is 1.00 bits per heavy atom. The Balaban J connectivity index is 0.000000239. The lowest BCUT2D eigenvalue weighted by molar-refractivity contribution is -0.0567. The molecule has 7 N–H and O–H groups in total. The molecule has 4 aliphatic heterocycles. The molecule has 0 aromatic heterocycles. The van der Waals surface area contributed by atoms with Gasteiger partial charge in [-0.3, -0.25) is 0 Å². The molecule has 4 atom stereocenters. The van der Waals surface area contributed by atoms with Gasteiger partial charge < -0.3 is 61.0 Å². The molecule has 0 spiro atoms. The molecule has 4 heterocycles. The second-order valence-electron chi connectivity index (χ2n) is 23.1. The average Bonchev–Trinajstić information content (AvgIpc) is 3.54. The van der Waals surface area contributed by atoms with Crippen LogP contribution in [0.2, 0.25) is 10.0 Å². The van der Waals surface area contributed by atoms with E-state index in [9.17, 15) is 29.4 Å². The number of rotatable bonds is 19. The van der Waals surface area contributed by atoms with Crippen LogP contribution in [0.4, 0.5) is 19.2 Å². The van der Waals surface area contributed by atoms with E-state index >= 15 is 0 Å². The molecule has 2 unspecified atom stereocenters. The summed E-state index contributed by atoms with van der Waals surface area (Å²) in [6.45, 7) is 11.9. The molecule has 0 bridgehead atoms. The number of urea groups is 2. The molecule has 16 nitrogen and oxygen atoms in total. The Bertz CT molecular complexity index is 2760. The fourth-order valence-corrected chi connectivity index (χ4v) is 13.6. The SMILES string of the molecule is CCc1cccc(-c2c(Cl)cccc2C(O)(CCCNC(=O)OC)[C@@H]2CCCN(C(=O)N3CCC(CN)CC3)C2)c1.CCc1cccc(-c2c(Cl)cccc2C(O)(CCCNC(=O)OC)[C@@H]2CCCN(C(=O)N3CCC(CNC)CC3)C2)c1. The maximum absolute atomic E-state index is 13.7. The van der Waals surface area contributed by atoms with E-state index in [-0.39, 0.29) is 23.9 Å². The summed E-state index contributed by atoms with van der Waals surface area (Å²) in [4.78, 5) is 58.4.